The molecule has 0 aliphatic carbocycles. The van der Waals surface area contributed by atoms with E-state index in [-0.39, 0.29) is 5.56 Å². The van der Waals surface area contributed by atoms with Crippen molar-refractivity contribution in [2.45, 2.75) is 6.54 Å². The minimum atomic E-state index is -0.0583. The molecule has 0 unspecified atom stereocenters. The Morgan fingerprint density at radius 2 is 2.11 bits per heavy atom. The molecule has 0 aliphatic rings. The number of rotatable bonds is 3. The Hall–Kier alpha value is -1.75. The second-order valence-corrected chi connectivity index (χ2v) is 4.80. The molecule has 18 heavy (non-hydrogen) atoms. The standard InChI is InChI=1S/C13H13BrN2O2/c1-18-12-6-11(15)4-2-9(12)7-16-8-10(14)3-5-13(16)17/h2-6,8H,7,15H2,1H3. The number of nitrogens with two attached hydrogens (primary N) is 1. The van der Waals surface area contributed by atoms with Crippen molar-refractivity contribution in [3.63, 3.8) is 0 Å². The fourth-order valence-electron chi connectivity index (χ4n) is 1.70. The summed E-state index contributed by atoms with van der Waals surface area (Å²) in [5.74, 6) is 0.682. The van der Waals surface area contributed by atoms with Crippen molar-refractivity contribution in [1.29, 1.82) is 0 Å². The molecule has 1 aromatic heterocycles. The Morgan fingerprint density at radius 1 is 1.33 bits per heavy atom. The lowest BCUT2D eigenvalue weighted by atomic mass is 10.2. The van der Waals surface area contributed by atoms with Gasteiger partial charge in [-0.2, -0.15) is 0 Å². The van der Waals surface area contributed by atoms with Gasteiger partial charge in [-0.15, -0.1) is 0 Å². The molecule has 0 fully saturated rings. The van der Waals surface area contributed by atoms with Gasteiger partial charge in [0.1, 0.15) is 5.75 Å². The van der Waals surface area contributed by atoms with Crippen molar-refractivity contribution < 1.29 is 4.74 Å². The minimum absolute atomic E-state index is 0.0583. The first kappa shape index (κ1) is 12.7. The number of aromatic nitrogens is 1. The SMILES string of the molecule is COc1cc(N)ccc1Cn1cc(Br)ccc1=O. The molecule has 0 radical (unpaired) electrons. The lowest BCUT2D eigenvalue weighted by Gasteiger charge is -2.11. The smallest absolute Gasteiger partial charge is 0.250 e. The summed E-state index contributed by atoms with van der Waals surface area (Å²) in [5.41, 5.74) is 7.18. The van der Waals surface area contributed by atoms with E-state index >= 15 is 0 Å². The van der Waals surface area contributed by atoms with Gasteiger partial charge in [0.05, 0.1) is 13.7 Å². The van der Waals surface area contributed by atoms with Crippen molar-refractivity contribution >= 4 is 21.6 Å². The first-order valence-corrected chi connectivity index (χ1v) is 6.18. The van der Waals surface area contributed by atoms with Gasteiger partial charge < -0.3 is 15.0 Å². The highest BCUT2D eigenvalue weighted by molar-refractivity contribution is 9.10. The van der Waals surface area contributed by atoms with E-state index in [2.05, 4.69) is 15.9 Å². The van der Waals surface area contributed by atoms with E-state index in [9.17, 15) is 4.79 Å². The van der Waals surface area contributed by atoms with Gasteiger partial charge in [0, 0.05) is 34.1 Å². The van der Waals surface area contributed by atoms with Crippen molar-refractivity contribution in [1.82, 2.24) is 4.57 Å². The van der Waals surface area contributed by atoms with Crippen LogP contribution in [0.2, 0.25) is 0 Å². The van der Waals surface area contributed by atoms with Gasteiger partial charge in [-0.25, -0.2) is 0 Å². The monoisotopic (exact) mass is 308 g/mol. The molecule has 2 aromatic rings. The quantitative estimate of drug-likeness (QED) is 0.885. The molecule has 5 heteroatoms. The van der Waals surface area contributed by atoms with E-state index in [0.29, 0.717) is 18.0 Å². The summed E-state index contributed by atoms with van der Waals surface area (Å²) in [6.07, 6.45) is 1.75. The van der Waals surface area contributed by atoms with Gasteiger partial charge in [0.15, 0.2) is 0 Å². The molecule has 0 saturated carbocycles. The Bertz CT molecular complexity index is 623. The second-order valence-electron chi connectivity index (χ2n) is 3.88. The van der Waals surface area contributed by atoms with Gasteiger partial charge in [-0.3, -0.25) is 4.79 Å². The summed E-state index contributed by atoms with van der Waals surface area (Å²) in [6, 6.07) is 8.65. The number of halogens is 1. The van der Waals surface area contributed by atoms with Crippen molar-refractivity contribution in [2.24, 2.45) is 0 Å². The maximum absolute atomic E-state index is 11.7. The molecule has 0 atom stereocenters. The number of hydrogen-bond donors (Lipinski definition) is 1. The zero-order chi connectivity index (χ0) is 13.1. The number of hydrogen-bond acceptors (Lipinski definition) is 3. The van der Waals surface area contributed by atoms with Crippen LogP contribution in [0.25, 0.3) is 0 Å². The highest BCUT2D eigenvalue weighted by Crippen LogP contribution is 2.22. The van der Waals surface area contributed by atoms with E-state index in [4.69, 9.17) is 10.5 Å². The molecule has 94 valence electrons. The van der Waals surface area contributed by atoms with Crippen LogP contribution in [-0.2, 0) is 6.54 Å². The molecule has 1 heterocycles. The normalized spacial score (nSPS) is 10.3. The largest absolute Gasteiger partial charge is 0.496 e. The third-order valence-electron chi connectivity index (χ3n) is 2.60. The number of methoxy groups -OCH3 is 1. The van der Waals surface area contributed by atoms with E-state index in [1.165, 1.54) is 6.07 Å². The second kappa shape index (κ2) is 5.27. The van der Waals surface area contributed by atoms with E-state index in [0.717, 1.165) is 10.0 Å². The zero-order valence-electron chi connectivity index (χ0n) is 9.89. The van der Waals surface area contributed by atoms with Crippen molar-refractivity contribution in [2.75, 3.05) is 12.8 Å². The van der Waals surface area contributed by atoms with E-state index in [1.54, 1.807) is 36.1 Å². The van der Waals surface area contributed by atoms with Crippen LogP contribution in [0.4, 0.5) is 5.69 Å². The molecule has 0 spiro atoms. The van der Waals surface area contributed by atoms with E-state index < -0.39 is 0 Å². The van der Waals surface area contributed by atoms with Crippen molar-refractivity contribution in [3.05, 3.63) is 56.9 Å². The summed E-state index contributed by atoms with van der Waals surface area (Å²) >= 11 is 3.35. The maximum atomic E-state index is 11.7. The molecule has 0 aliphatic heterocycles. The number of pyridine rings is 1. The van der Waals surface area contributed by atoms with Crippen LogP contribution in [0.3, 0.4) is 0 Å². The molecular weight excluding hydrogens is 296 g/mol. The van der Waals surface area contributed by atoms with Gasteiger partial charge in [-0.05, 0) is 28.1 Å². The number of anilines is 1. The summed E-state index contributed by atoms with van der Waals surface area (Å²) in [4.78, 5) is 11.7. The summed E-state index contributed by atoms with van der Waals surface area (Å²) in [5, 5.41) is 0. The van der Waals surface area contributed by atoms with Gasteiger partial charge >= 0.3 is 0 Å². The highest BCUT2D eigenvalue weighted by Gasteiger charge is 2.05. The van der Waals surface area contributed by atoms with Gasteiger partial charge in [0.2, 0.25) is 0 Å². The third-order valence-corrected chi connectivity index (χ3v) is 3.07. The van der Waals surface area contributed by atoms with Crippen LogP contribution < -0.4 is 16.0 Å². The van der Waals surface area contributed by atoms with Crippen LogP contribution in [0.1, 0.15) is 5.56 Å². The lowest BCUT2D eigenvalue weighted by Crippen LogP contribution is -2.19. The van der Waals surface area contributed by atoms with Crippen LogP contribution in [-0.4, -0.2) is 11.7 Å². The first-order valence-electron chi connectivity index (χ1n) is 5.38. The summed E-state index contributed by atoms with van der Waals surface area (Å²) in [7, 11) is 1.59. The summed E-state index contributed by atoms with van der Waals surface area (Å²) < 4.78 is 7.73. The maximum Gasteiger partial charge on any atom is 0.250 e. The van der Waals surface area contributed by atoms with Crippen LogP contribution >= 0.6 is 15.9 Å². The average molecular weight is 309 g/mol. The molecule has 0 saturated heterocycles. The fourth-order valence-corrected chi connectivity index (χ4v) is 2.08. The molecule has 0 amide bonds. The molecule has 1 aromatic carbocycles. The number of benzene rings is 1. The highest BCUT2D eigenvalue weighted by atomic mass is 79.9. The van der Waals surface area contributed by atoms with E-state index in [1.807, 2.05) is 6.07 Å². The Morgan fingerprint density at radius 3 is 2.83 bits per heavy atom. The molecule has 4 nitrogen and oxygen atoms in total. The Kier molecular flexibility index (Phi) is 3.72. The lowest BCUT2D eigenvalue weighted by molar-refractivity contribution is 0.408. The topological polar surface area (TPSA) is 57.2 Å². The number of ether oxygens (including phenoxy) is 1. The van der Waals surface area contributed by atoms with Crippen LogP contribution in [0, 0.1) is 0 Å². The first-order chi connectivity index (χ1) is 8.60. The average Bonchev–Trinajstić information content (AvgIpc) is 2.36. The fraction of sp³-hybridized carbons (Fsp3) is 0.154. The molecule has 0 bridgehead atoms. The predicted molar refractivity (Wildman–Crippen MR) is 74.9 cm³/mol. The van der Waals surface area contributed by atoms with Crippen LogP contribution in [0.5, 0.6) is 5.75 Å². The predicted octanol–water partition coefficient (Wildman–Crippen LogP) is 2.25. The zero-order valence-corrected chi connectivity index (χ0v) is 11.5. The molecule has 2 N–H and O–H groups in total. The Balaban J connectivity index is 2.39. The van der Waals surface area contributed by atoms with Crippen molar-refractivity contribution in [3.8, 4) is 5.75 Å². The number of nitrogens with zero attached hydrogens (tertiary/aromatic N) is 1. The summed E-state index contributed by atoms with van der Waals surface area (Å²) in [6.45, 7) is 0.446. The molecular formula is C13H13BrN2O2. The van der Waals surface area contributed by atoms with Gasteiger partial charge in [0.25, 0.3) is 5.56 Å². The van der Waals surface area contributed by atoms with Gasteiger partial charge in [-0.1, -0.05) is 6.07 Å². The third kappa shape index (κ3) is 2.73. The minimum Gasteiger partial charge on any atom is -0.496 e. The number of nitrogen functional groups attached to an aromatic ring is 1. The molecule has 2 rings (SSSR count). The Labute approximate surface area is 113 Å². The van der Waals surface area contributed by atoms with Crippen LogP contribution in [0.15, 0.2) is 45.8 Å².